The van der Waals surface area contributed by atoms with Crippen molar-refractivity contribution in [3.05, 3.63) is 40.0 Å². The van der Waals surface area contributed by atoms with Crippen LogP contribution in [-0.4, -0.2) is 16.1 Å². The lowest BCUT2D eigenvalue weighted by atomic mass is 10.1. The van der Waals surface area contributed by atoms with Gasteiger partial charge in [0.2, 0.25) is 0 Å². The van der Waals surface area contributed by atoms with Crippen LogP contribution in [-0.2, 0) is 6.18 Å². The zero-order chi connectivity index (χ0) is 13.5. The fourth-order valence-corrected chi connectivity index (χ4v) is 2.08. The largest absolute Gasteiger partial charge is 0.478 e. The van der Waals surface area contributed by atoms with Gasteiger partial charge in [-0.05, 0) is 34.1 Å². The SMILES string of the molecule is O=C(O)c1cnc2ccc(C(F)(F)F)cc2c1Br. The molecule has 1 heterocycles. The third-order valence-corrected chi connectivity index (χ3v) is 3.21. The summed E-state index contributed by atoms with van der Waals surface area (Å²) in [5, 5.41) is 8.98. The fourth-order valence-electron chi connectivity index (χ4n) is 1.49. The third-order valence-electron chi connectivity index (χ3n) is 2.36. The highest BCUT2D eigenvalue weighted by molar-refractivity contribution is 9.10. The Morgan fingerprint density at radius 2 is 2.00 bits per heavy atom. The molecule has 1 aromatic carbocycles. The molecular weight excluding hydrogens is 315 g/mol. The molecule has 18 heavy (non-hydrogen) atoms. The summed E-state index contributed by atoms with van der Waals surface area (Å²) >= 11 is 3.00. The zero-order valence-corrected chi connectivity index (χ0v) is 10.2. The molecule has 0 aliphatic carbocycles. The van der Waals surface area contributed by atoms with E-state index in [1.54, 1.807) is 0 Å². The lowest BCUT2D eigenvalue weighted by molar-refractivity contribution is -0.137. The number of carbonyl (C=O) groups is 1. The van der Waals surface area contributed by atoms with Crippen molar-refractivity contribution in [2.75, 3.05) is 0 Å². The smallest absolute Gasteiger partial charge is 0.416 e. The molecule has 2 rings (SSSR count). The first-order valence-electron chi connectivity index (χ1n) is 4.69. The number of hydrogen-bond acceptors (Lipinski definition) is 2. The van der Waals surface area contributed by atoms with E-state index < -0.39 is 17.7 Å². The summed E-state index contributed by atoms with van der Waals surface area (Å²) in [5.41, 5.74) is -0.735. The van der Waals surface area contributed by atoms with E-state index in [1.807, 2.05) is 0 Å². The number of hydrogen-bond donors (Lipinski definition) is 1. The number of alkyl halides is 3. The molecule has 0 radical (unpaired) electrons. The molecule has 3 nitrogen and oxygen atoms in total. The topological polar surface area (TPSA) is 50.2 Å². The van der Waals surface area contributed by atoms with Crippen molar-refractivity contribution in [2.24, 2.45) is 0 Å². The molecule has 0 aliphatic heterocycles. The maximum atomic E-state index is 12.6. The number of aromatic nitrogens is 1. The van der Waals surface area contributed by atoms with Gasteiger partial charge in [-0.3, -0.25) is 4.98 Å². The van der Waals surface area contributed by atoms with E-state index in [-0.39, 0.29) is 15.4 Å². The van der Waals surface area contributed by atoms with Gasteiger partial charge in [0.15, 0.2) is 0 Å². The standard InChI is InChI=1S/C11H5BrF3NO2/c12-9-6-3-5(11(13,14)15)1-2-8(6)16-4-7(9)10(17)18/h1-4H,(H,17,18). The van der Waals surface area contributed by atoms with Crippen molar-refractivity contribution in [2.45, 2.75) is 6.18 Å². The predicted molar refractivity (Wildman–Crippen MR) is 61.4 cm³/mol. The van der Waals surface area contributed by atoms with Gasteiger partial charge >= 0.3 is 12.1 Å². The summed E-state index contributed by atoms with van der Waals surface area (Å²) in [5.74, 6) is -1.26. The van der Waals surface area contributed by atoms with Crippen molar-refractivity contribution in [3.63, 3.8) is 0 Å². The average Bonchev–Trinajstić information content (AvgIpc) is 2.27. The Labute approximate surface area is 107 Å². The van der Waals surface area contributed by atoms with Crippen LogP contribution in [0, 0.1) is 0 Å². The van der Waals surface area contributed by atoms with Crippen molar-refractivity contribution in [3.8, 4) is 0 Å². The average molecular weight is 320 g/mol. The first-order chi connectivity index (χ1) is 8.30. The van der Waals surface area contributed by atoms with Crippen LogP contribution in [0.25, 0.3) is 10.9 Å². The van der Waals surface area contributed by atoms with Gasteiger partial charge in [0.25, 0.3) is 0 Å². The Kier molecular flexibility index (Phi) is 3.02. The maximum Gasteiger partial charge on any atom is 0.416 e. The molecule has 0 saturated carbocycles. The lowest BCUT2D eigenvalue weighted by Crippen LogP contribution is -2.05. The number of benzene rings is 1. The maximum absolute atomic E-state index is 12.6. The van der Waals surface area contributed by atoms with Gasteiger partial charge < -0.3 is 5.11 Å². The lowest BCUT2D eigenvalue weighted by Gasteiger charge is -2.09. The van der Waals surface area contributed by atoms with Crippen LogP contribution in [0.2, 0.25) is 0 Å². The van der Waals surface area contributed by atoms with Gasteiger partial charge in [-0.15, -0.1) is 0 Å². The van der Waals surface area contributed by atoms with E-state index in [0.717, 1.165) is 18.3 Å². The van der Waals surface area contributed by atoms with E-state index in [1.165, 1.54) is 6.07 Å². The van der Waals surface area contributed by atoms with Crippen LogP contribution in [0.15, 0.2) is 28.9 Å². The van der Waals surface area contributed by atoms with Crippen molar-refractivity contribution >= 4 is 32.8 Å². The van der Waals surface area contributed by atoms with Gasteiger partial charge in [-0.25, -0.2) is 4.79 Å². The van der Waals surface area contributed by atoms with Crippen LogP contribution in [0.3, 0.4) is 0 Å². The molecule has 0 unspecified atom stereocenters. The number of carboxylic acids is 1. The molecule has 7 heteroatoms. The van der Waals surface area contributed by atoms with E-state index in [9.17, 15) is 18.0 Å². The Hall–Kier alpha value is -1.63. The second-order valence-electron chi connectivity index (χ2n) is 3.52. The molecule has 0 saturated heterocycles. The van der Waals surface area contributed by atoms with Crippen LogP contribution in [0.1, 0.15) is 15.9 Å². The minimum Gasteiger partial charge on any atom is -0.478 e. The van der Waals surface area contributed by atoms with Gasteiger partial charge in [-0.2, -0.15) is 13.2 Å². The number of halogens is 4. The molecule has 1 N–H and O–H groups in total. The normalized spacial score (nSPS) is 11.8. The summed E-state index contributed by atoms with van der Waals surface area (Å²) in [6, 6.07) is 2.98. The Balaban J connectivity index is 2.75. The number of nitrogens with zero attached hydrogens (tertiary/aromatic N) is 1. The molecule has 0 aliphatic rings. The summed E-state index contributed by atoms with van der Waals surface area (Å²) in [7, 11) is 0. The minimum absolute atomic E-state index is 0.0890. The molecule has 0 bridgehead atoms. The van der Waals surface area contributed by atoms with Crippen LogP contribution in [0.4, 0.5) is 13.2 Å². The fraction of sp³-hybridized carbons (Fsp3) is 0.0909. The van der Waals surface area contributed by atoms with Crippen LogP contribution in [0.5, 0.6) is 0 Å². The number of pyridine rings is 1. The quantitative estimate of drug-likeness (QED) is 0.871. The van der Waals surface area contributed by atoms with Crippen molar-refractivity contribution in [1.82, 2.24) is 4.98 Å². The monoisotopic (exact) mass is 319 g/mol. The summed E-state index contributed by atoms with van der Waals surface area (Å²) in [6.45, 7) is 0. The second-order valence-corrected chi connectivity index (χ2v) is 4.31. The molecule has 94 valence electrons. The van der Waals surface area contributed by atoms with Gasteiger partial charge in [0, 0.05) is 16.1 Å². The summed E-state index contributed by atoms with van der Waals surface area (Å²) < 4.78 is 37.8. The predicted octanol–water partition coefficient (Wildman–Crippen LogP) is 3.71. The van der Waals surface area contributed by atoms with Crippen molar-refractivity contribution in [1.29, 1.82) is 0 Å². The summed E-state index contributed by atoms with van der Waals surface area (Å²) in [6.07, 6.45) is -3.38. The highest BCUT2D eigenvalue weighted by atomic mass is 79.9. The molecular formula is C11H5BrF3NO2. The van der Waals surface area contributed by atoms with E-state index in [0.29, 0.717) is 5.52 Å². The Bertz CT molecular complexity index is 640. The molecule has 2 aromatic rings. The third kappa shape index (κ3) is 2.17. The zero-order valence-electron chi connectivity index (χ0n) is 8.62. The van der Waals surface area contributed by atoms with E-state index >= 15 is 0 Å². The molecule has 0 fully saturated rings. The first kappa shape index (κ1) is 12.8. The molecule has 0 amide bonds. The second kappa shape index (κ2) is 4.24. The van der Waals surface area contributed by atoms with E-state index in [2.05, 4.69) is 20.9 Å². The number of aromatic carboxylic acids is 1. The highest BCUT2D eigenvalue weighted by Crippen LogP contribution is 2.34. The van der Waals surface area contributed by atoms with Crippen molar-refractivity contribution < 1.29 is 23.1 Å². The number of rotatable bonds is 1. The first-order valence-corrected chi connectivity index (χ1v) is 5.49. The van der Waals surface area contributed by atoms with Gasteiger partial charge in [-0.1, -0.05) is 0 Å². The van der Waals surface area contributed by atoms with Crippen LogP contribution < -0.4 is 0 Å². The molecule has 0 atom stereocenters. The Morgan fingerprint density at radius 1 is 1.33 bits per heavy atom. The van der Waals surface area contributed by atoms with Crippen LogP contribution >= 0.6 is 15.9 Å². The molecule has 1 aromatic heterocycles. The van der Waals surface area contributed by atoms with E-state index in [4.69, 9.17) is 5.11 Å². The van der Waals surface area contributed by atoms with Gasteiger partial charge in [0.1, 0.15) is 0 Å². The van der Waals surface area contributed by atoms with Gasteiger partial charge in [0.05, 0.1) is 16.6 Å². The minimum atomic E-state index is -4.48. The highest BCUT2D eigenvalue weighted by Gasteiger charge is 2.30. The number of carboxylic acid groups (broad SMARTS) is 1. The Morgan fingerprint density at radius 3 is 2.56 bits per heavy atom. The molecule has 0 spiro atoms. The summed E-state index contributed by atoms with van der Waals surface area (Å²) in [4.78, 5) is 14.7. The number of fused-ring (bicyclic) bond motifs is 1.